The number of carboxylic acid groups (broad SMARTS) is 1. The molecule has 0 fully saturated rings. The van der Waals surface area contributed by atoms with Crippen molar-refractivity contribution >= 4 is 58.8 Å². The van der Waals surface area contributed by atoms with Crippen LogP contribution in [-0.4, -0.2) is 61.0 Å². The van der Waals surface area contributed by atoms with Gasteiger partial charge in [0.2, 0.25) is 0 Å². The number of rotatable bonds is 4. The van der Waals surface area contributed by atoms with Gasteiger partial charge in [-0.15, -0.1) is 0 Å². The van der Waals surface area contributed by atoms with Gasteiger partial charge in [0.05, 0.1) is 36.6 Å². The number of amides is 5. The van der Waals surface area contributed by atoms with E-state index in [-0.39, 0.29) is 48.0 Å². The van der Waals surface area contributed by atoms with Crippen molar-refractivity contribution in [3.63, 3.8) is 0 Å². The van der Waals surface area contributed by atoms with Gasteiger partial charge in [-0.2, -0.15) is 0 Å². The molecular formula is C37H42N4O10. The molecule has 0 atom stereocenters. The number of aryl methyl sites for hydroxylation is 2. The number of cyclic esters (lactones) is 2. The largest absolute Gasteiger partial charge is 0.478 e. The number of urea groups is 1. The molecule has 0 saturated carbocycles. The first kappa shape index (κ1) is 37.9. The molecule has 4 N–H and O–H groups in total. The molecule has 3 aromatic rings. The zero-order chi connectivity index (χ0) is 36.9. The molecule has 1 aliphatic rings. The molecule has 5 amide bonds. The lowest BCUT2D eigenvalue weighted by Crippen LogP contribution is -2.41. The van der Waals surface area contributed by atoms with E-state index in [1.54, 1.807) is 45.0 Å². The number of fused-ring (bicyclic) bond motifs is 4. The number of ether oxygens (including phenoxy) is 3. The molecule has 3 aromatic carbocycles. The van der Waals surface area contributed by atoms with Crippen molar-refractivity contribution < 1.29 is 48.1 Å². The van der Waals surface area contributed by atoms with Gasteiger partial charge in [-0.1, -0.05) is 44.2 Å². The van der Waals surface area contributed by atoms with E-state index in [0.717, 1.165) is 49.1 Å². The van der Waals surface area contributed by atoms with Crippen LogP contribution in [0, 0.1) is 13.8 Å². The average molecular weight is 703 g/mol. The van der Waals surface area contributed by atoms with Crippen molar-refractivity contribution in [1.29, 1.82) is 0 Å². The predicted molar refractivity (Wildman–Crippen MR) is 190 cm³/mol. The SMILES string of the molecule is CCOC(=O)c1cc(C(=O)N2C(=O)Nc3cc(ccc3C)NC(=O)OCCCCCCCCCOC(=O)Nc3ccc(C)c2c3)ccc1C(=O)O. The van der Waals surface area contributed by atoms with Crippen LogP contribution >= 0.6 is 0 Å². The highest BCUT2D eigenvalue weighted by Gasteiger charge is 2.29. The molecule has 0 saturated heterocycles. The fourth-order valence-electron chi connectivity index (χ4n) is 5.34. The topological polar surface area (TPSA) is 190 Å². The van der Waals surface area contributed by atoms with Gasteiger partial charge in [0.1, 0.15) is 0 Å². The fourth-order valence-corrected chi connectivity index (χ4v) is 5.34. The smallest absolute Gasteiger partial charge is 0.411 e. The zero-order valence-electron chi connectivity index (χ0n) is 28.8. The lowest BCUT2D eigenvalue weighted by molar-refractivity contribution is 0.0514. The maximum absolute atomic E-state index is 14.3. The molecule has 0 spiro atoms. The van der Waals surface area contributed by atoms with Gasteiger partial charge in [-0.05, 0) is 87.2 Å². The molecule has 270 valence electrons. The Balaban J connectivity index is 1.76. The number of esters is 1. The van der Waals surface area contributed by atoms with E-state index in [1.807, 2.05) is 0 Å². The highest BCUT2D eigenvalue weighted by atomic mass is 16.6. The quantitative estimate of drug-likeness (QED) is 0.154. The molecule has 4 rings (SSSR count). The number of aromatic carboxylic acids is 1. The molecule has 51 heavy (non-hydrogen) atoms. The van der Waals surface area contributed by atoms with Crippen LogP contribution in [0.4, 0.5) is 37.1 Å². The molecule has 1 heterocycles. The normalized spacial score (nSPS) is 15.1. The van der Waals surface area contributed by atoms with Gasteiger partial charge in [0, 0.05) is 22.6 Å². The van der Waals surface area contributed by atoms with Crippen molar-refractivity contribution in [3.8, 4) is 0 Å². The number of nitrogens with one attached hydrogen (secondary N) is 3. The maximum atomic E-state index is 14.3. The number of anilines is 4. The second kappa shape index (κ2) is 18.2. The van der Waals surface area contributed by atoms with E-state index < -0.39 is 41.6 Å². The molecule has 0 unspecified atom stereocenters. The van der Waals surface area contributed by atoms with E-state index in [2.05, 4.69) is 16.0 Å². The minimum atomic E-state index is -1.41. The summed E-state index contributed by atoms with van der Waals surface area (Å²) in [5.74, 6) is -3.30. The summed E-state index contributed by atoms with van der Waals surface area (Å²) < 4.78 is 15.7. The van der Waals surface area contributed by atoms with Crippen molar-refractivity contribution in [2.45, 2.75) is 65.7 Å². The Morgan fingerprint density at radius 3 is 1.88 bits per heavy atom. The minimum absolute atomic E-state index is 0.0446. The van der Waals surface area contributed by atoms with Gasteiger partial charge >= 0.3 is 30.2 Å². The first-order valence-electron chi connectivity index (χ1n) is 16.8. The van der Waals surface area contributed by atoms with Crippen molar-refractivity contribution in [2.75, 3.05) is 40.7 Å². The number of carboxylic acids is 1. The van der Waals surface area contributed by atoms with Crippen LogP contribution in [0.25, 0.3) is 0 Å². The predicted octanol–water partition coefficient (Wildman–Crippen LogP) is 7.90. The lowest BCUT2D eigenvalue weighted by Gasteiger charge is -2.25. The first-order chi connectivity index (χ1) is 24.5. The van der Waals surface area contributed by atoms with Crippen molar-refractivity contribution in [1.82, 2.24) is 0 Å². The second-order valence-corrected chi connectivity index (χ2v) is 11.9. The van der Waals surface area contributed by atoms with Gasteiger partial charge in [0.25, 0.3) is 5.91 Å². The molecule has 0 aromatic heterocycles. The van der Waals surface area contributed by atoms with E-state index in [9.17, 15) is 33.9 Å². The van der Waals surface area contributed by atoms with E-state index in [1.165, 1.54) is 18.2 Å². The van der Waals surface area contributed by atoms with Crippen LogP contribution in [0.1, 0.15) is 94.1 Å². The zero-order valence-corrected chi connectivity index (χ0v) is 28.8. The molecule has 0 radical (unpaired) electrons. The standard InChI is InChI=1S/C37H42N4O10/c1-4-49-34(45)29-20-25(14-17-28(29)33(43)44)32(42)41-31-22-27(16-13-24(31)3)39-37(48)51-19-11-9-7-5-6-8-10-18-50-36(47)38-26-15-12-23(2)30(21-26)40-35(41)46/h12-17,20-22H,4-11,18-19H2,1-3H3,(H,38,47)(H,39,48)(H,40,46)(H,43,44). The van der Waals surface area contributed by atoms with Crippen LogP contribution in [0.2, 0.25) is 0 Å². The number of nitrogens with zero attached hydrogens (tertiary/aromatic N) is 1. The summed E-state index contributed by atoms with van der Waals surface area (Å²) in [6, 6.07) is 11.8. The third-order valence-corrected chi connectivity index (χ3v) is 8.08. The number of imide groups is 1. The van der Waals surface area contributed by atoms with Gasteiger partial charge < -0.3 is 24.6 Å². The summed E-state index contributed by atoms with van der Waals surface area (Å²) >= 11 is 0. The number of carbonyl (C=O) groups excluding carboxylic acids is 5. The highest BCUT2D eigenvalue weighted by Crippen LogP contribution is 2.29. The number of carbonyl (C=O) groups is 6. The van der Waals surface area contributed by atoms with Crippen LogP contribution in [0.3, 0.4) is 0 Å². The summed E-state index contributed by atoms with van der Waals surface area (Å²) in [6.45, 7) is 5.32. The van der Waals surface area contributed by atoms with E-state index >= 15 is 0 Å². The molecule has 14 nitrogen and oxygen atoms in total. The number of benzene rings is 3. The summed E-state index contributed by atoms with van der Waals surface area (Å²) in [5.41, 5.74) is 0.985. The molecular weight excluding hydrogens is 660 g/mol. The lowest BCUT2D eigenvalue weighted by atomic mass is 10.0. The monoisotopic (exact) mass is 702 g/mol. The number of hydrogen-bond acceptors (Lipinski definition) is 9. The van der Waals surface area contributed by atoms with Crippen LogP contribution < -0.4 is 20.9 Å². The summed E-state index contributed by atoms with van der Waals surface area (Å²) in [6.07, 6.45) is 4.75. The Kier molecular flexibility index (Phi) is 13.5. The third kappa shape index (κ3) is 10.5. The van der Waals surface area contributed by atoms with Crippen molar-refractivity contribution in [2.24, 2.45) is 0 Å². The third-order valence-electron chi connectivity index (χ3n) is 8.08. The van der Waals surface area contributed by atoms with E-state index in [4.69, 9.17) is 14.2 Å². The molecule has 0 aliphatic carbocycles. The van der Waals surface area contributed by atoms with E-state index in [0.29, 0.717) is 29.7 Å². The van der Waals surface area contributed by atoms with Crippen LogP contribution in [0.5, 0.6) is 0 Å². The van der Waals surface area contributed by atoms with Gasteiger partial charge in [-0.25, -0.2) is 28.9 Å². The fraction of sp³-hybridized carbons (Fsp3) is 0.351. The number of hydrogen-bond donors (Lipinski definition) is 4. The summed E-state index contributed by atoms with van der Waals surface area (Å²) in [5, 5.41) is 17.7. The first-order valence-corrected chi connectivity index (χ1v) is 16.8. The van der Waals surface area contributed by atoms with Gasteiger partial charge in [0.15, 0.2) is 0 Å². The van der Waals surface area contributed by atoms with Crippen LogP contribution in [0.15, 0.2) is 54.6 Å². The maximum Gasteiger partial charge on any atom is 0.411 e. The minimum Gasteiger partial charge on any atom is -0.478 e. The molecule has 4 bridgehead atoms. The average Bonchev–Trinajstić information content (AvgIpc) is 3.09. The Morgan fingerprint density at radius 2 is 1.29 bits per heavy atom. The Labute approximate surface area is 295 Å². The Bertz CT molecular complexity index is 1790. The summed E-state index contributed by atoms with van der Waals surface area (Å²) in [7, 11) is 0. The summed E-state index contributed by atoms with van der Waals surface area (Å²) in [4.78, 5) is 79.0. The van der Waals surface area contributed by atoms with Crippen molar-refractivity contribution in [3.05, 3.63) is 82.4 Å². The van der Waals surface area contributed by atoms with Crippen LogP contribution in [-0.2, 0) is 14.2 Å². The second-order valence-electron chi connectivity index (χ2n) is 11.9. The molecule has 1 aliphatic heterocycles. The highest BCUT2D eigenvalue weighted by molar-refractivity contribution is 6.25. The Morgan fingerprint density at radius 1 is 0.725 bits per heavy atom. The molecule has 14 heteroatoms. The Hall–Kier alpha value is -5.92. The van der Waals surface area contributed by atoms with Gasteiger partial charge in [-0.3, -0.25) is 15.4 Å².